The summed E-state index contributed by atoms with van der Waals surface area (Å²) in [7, 11) is 0. The Morgan fingerprint density at radius 3 is 2.81 bits per heavy atom. The summed E-state index contributed by atoms with van der Waals surface area (Å²) in [6, 6.07) is 10.3. The van der Waals surface area contributed by atoms with Gasteiger partial charge in [0, 0.05) is 18.4 Å². The van der Waals surface area contributed by atoms with Crippen molar-refractivity contribution >= 4 is 17.0 Å². The molecule has 0 unspecified atom stereocenters. The van der Waals surface area contributed by atoms with Crippen molar-refractivity contribution in [2.75, 3.05) is 13.2 Å². The molecule has 2 aromatic rings. The Kier molecular flexibility index (Phi) is 4.63. The van der Waals surface area contributed by atoms with Gasteiger partial charge in [-0.25, -0.2) is 9.36 Å². The van der Waals surface area contributed by atoms with Gasteiger partial charge in [-0.15, -0.1) is 0 Å². The minimum atomic E-state index is -0.584. The van der Waals surface area contributed by atoms with Crippen LogP contribution >= 0.6 is 0 Å². The highest BCUT2D eigenvalue weighted by Crippen LogP contribution is 2.48. The predicted molar refractivity (Wildman–Crippen MR) is 117 cm³/mol. The number of rotatable bonds is 0. The van der Waals surface area contributed by atoms with Gasteiger partial charge < -0.3 is 9.47 Å². The van der Waals surface area contributed by atoms with Crippen molar-refractivity contribution in [2.24, 2.45) is 5.92 Å². The molecule has 31 heavy (non-hydrogen) atoms. The van der Waals surface area contributed by atoms with Crippen LogP contribution in [0.1, 0.15) is 57.8 Å². The molecule has 1 aromatic carbocycles. The van der Waals surface area contributed by atoms with Gasteiger partial charge in [0.05, 0.1) is 35.7 Å². The Labute approximate surface area is 183 Å². The first-order chi connectivity index (χ1) is 14.8. The largest absolute Gasteiger partial charge is 0.498 e. The van der Waals surface area contributed by atoms with E-state index in [9.17, 15) is 10.1 Å². The summed E-state index contributed by atoms with van der Waals surface area (Å²) in [5, 5.41) is 11.1. The number of hydrogen-bond acceptors (Lipinski definition) is 5. The maximum Gasteiger partial charge on any atom is 0.419 e. The third-order valence-corrected chi connectivity index (χ3v) is 6.85. The molecule has 0 radical (unpaired) electrons. The molecular weight excluding hydrogens is 390 g/mol. The number of allylic oxidation sites excluding steroid dienone is 1. The Balaban J connectivity index is 1.70. The van der Waals surface area contributed by atoms with Gasteiger partial charge in [-0.2, -0.15) is 5.26 Å². The van der Waals surface area contributed by atoms with E-state index in [1.807, 2.05) is 45.9 Å². The summed E-state index contributed by atoms with van der Waals surface area (Å²) in [5.41, 5.74) is 3.71. The third kappa shape index (κ3) is 3.23. The topological polar surface area (TPSA) is 67.5 Å². The molecule has 1 aromatic heterocycles. The number of benzene rings is 1. The maximum atomic E-state index is 13.4. The average Bonchev–Trinajstić information content (AvgIpc) is 3.06. The molecule has 3 aliphatic heterocycles. The van der Waals surface area contributed by atoms with Crippen LogP contribution in [0, 0.1) is 17.2 Å². The van der Waals surface area contributed by atoms with Crippen molar-refractivity contribution in [3.05, 3.63) is 46.9 Å². The molecule has 0 spiro atoms. The minimum absolute atomic E-state index is 0.00738. The molecule has 162 valence electrons. The number of carbonyl (C=O) groups excluding carboxylic acids is 1. The highest BCUT2D eigenvalue weighted by molar-refractivity contribution is 5.94. The first kappa shape index (κ1) is 20.1. The second kappa shape index (κ2) is 7.13. The lowest BCUT2D eigenvalue weighted by molar-refractivity contribution is 0.0477. The molecule has 0 N–H and O–H groups in total. The number of fused-ring (bicyclic) bond motifs is 6. The van der Waals surface area contributed by atoms with Crippen LogP contribution in [0.2, 0.25) is 0 Å². The highest BCUT2D eigenvalue weighted by atomic mass is 16.6. The molecule has 0 saturated carbocycles. The minimum Gasteiger partial charge on any atom is -0.498 e. The number of nitrogens with zero attached hydrogens (tertiary/aromatic N) is 3. The molecule has 1 saturated heterocycles. The van der Waals surface area contributed by atoms with Crippen LogP contribution in [0.25, 0.3) is 10.9 Å². The summed E-state index contributed by atoms with van der Waals surface area (Å²) in [5.74, 6) is 1.43. The quantitative estimate of drug-likeness (QED) is 0.606. The van der Waals surface area contributed by atoms with Crippen LogP contribution in [0.5, 0.6) is 0 Å². The Morgan fingerprint density at radius 1 is 1.29 bits per heavy atom. The van der Waals surface area contributed by atoms with Crippen molar-refractivity contribution in [1.29, 1.82) is 5.26 Å². The first-order valence-corrected chi connectivity index (χ1v) is 11.1. The fourth-order valence-corrected chi connectivity index (χ4v) is 5.54. The maximum absolute atomic E-state index is 13.4. The van der Waals surface area contributed by atoms with Gasteiger partial charge >= 0.3 is 6.09 Å². The Morgan fingerprint density at radius 2 is 2.06 bits per heavy atom. The number of para-hydroxylation sites is 1. The van der Waals surface area contributed by atoms with E-state index in [2.05, 4.69) is 17.0 Å². The molecule has 4 heterocycles. The summed E-state index contributed by atoms with van der Waals surface area (Å²) >= 11 is 0. The van der Waals surface area contributed by atoms with Gasteiger partial charge in [-0.3, -0.25) is 4.90 Å². The van der Waals surface area contributed by atoms with E-state index in [4.69, 9.17) is 9.47 Å². The average molecular weight is 420 g/mol. The number of piperidine rings is 1. The smallest absolute Gasteiger partial charge is 0.419 e. The number of ether oxygens (including phenoxy) is 2. The van der Waals surface area contributed by atoms with Gasteiger partial charge in [-0.1, -0.05) is 18.2 Å². The molecule has 3 atom stereocenters. The molecule has 0 aliphatic carbocycles. The van der Waals surface area contributed by atoms with Crippen LogP contribution in [-0.4, -0.2) is 40.4 Å². The zero-order valence-electron chi connectivity index (χ0n) is 18.6. The molecule has 0 bridgehead atoms. The fourth-order valence-electron chi connectivity index (χ4n) is 5.54. The summed E-state index contributed by atoms with van der Waals surface area (Å²) < 4.78 is 13.4. The molecule has 1 fully saturated rings. The number of nitriles is 1. The normalized spacial score (nSPS) is 25.8. The lowest BCUT2D eigenvalue weighted by Crippen LogP contribution is -2.50. The molecule has 5 rings (SSSR count). The molecule has 6 heteroatoms. The van der Waals surface area contributed by atoms with Crippen molar-refractivity contribution < 1.29 is 14.3 Å². The van der Waals surface area contributed by atoms with Crippen LogP contribution in [-0.2, 0) is 15.9 Å². The zero-order chi connectivity index (χ0) is 21.9. The van der Waals surface area contributed by atoms with Gasteiger partial charge in [-0.05, 0) is 63.7 Å². The van der Waals surface area contributed by atoms with E-state index in [0.717, 1.165) is 47.4 Å². The summed E-state index contributed by atoms with van der Waals surface area (Å²) in [6.45, 7) is 9.16. The van der Waals surface area contributed by atoms with E-state index in [1.54, 1.807) is 4.57 Å². The van der Waals surface area contributed by atoms with E-state index >= 15 is 0 Å². The third-order valence-electron chi connectivity index (χ3n) is 6.85. The van der Waals surface area contributed by atoms with Gasteiger partial charge in [0.1, 0.15) is 11.6 Å². The lowest BCUT2D eigenvalue weighted by Gasteiger charge is -2.47. The van der Waals surface area contributed by atoms with Crippen LogP contribution < -0.4 is 0 Å². The Bertz CT molecular complexity index is 1130. The lowest BCUT2D eigenvalue weighted by atomic mass is 9.77. The van der Waals surface area contributed by atoms with E-state index in [0.29, 0.717) is 18.9 Å². The summed E-state index contributed by atoms with van der Waals surface area (Å²) in [6.07, 6.45) is 2.14. The first-order valence-electron chi connectivity index (χ1n) is 11.1. The second-order valence-electron chi connectivity index (χ2n) is 9.89. The van der Waals surface area contributed by atoms with Gasteiger partial charge in [0.2, 0.25) is 0 Å². The molecular formula is C25H29N3O3. The molecule has 3 aliphatic rings. The number of carbonyl (C=O) groups is 1. The van der Waals surface area contributed by atoms with Crippen molar-refractivity contribution in [3.8, 4) is 6.07 Å². The second-order valence-corrected chi connectivity index (χ2v) is 9.89. The zero-order valence-corrected chi connectivity index (χ0v) is 18.6. The van der Waals surface area contributed by atoms with Gasteiger partial charge in [0.25, 0.3) is 0 Å². The fraction of sp³-hybridized carbons (Fsp3) is 0.520. The van der Waals surface area contributed by atoms with Crippen molar-refractivity contribution in [2.45, 2.75) is 64.6 Å². The monoisotopic (exact) mass is 419 g/mol. The number of hydrogen-bond donors (Lipinski definition) is 0. The highest BCUT2D eigenvalue weighted by Gasteiger charge is 2.45. The van der Waals surface area contributed by atoms with Crippen LogP contribution in [0.4, 0.5) is 4.79 Å². The Hall–Kier alpha value is -2.78. The van der Waals surface area contributed by atoms with Gasteiger partial charge in [0.15, 0.2) is 0 Å². The van der Waals surface area contributed by atoms with Crippen LogP contribution in [0.3, 0.4) is 0 Å². The SMILES string of the molecule is CC1=C2CN3[C@H](C#N)Cc4c(n(C(=O)OC(C)(C)C)c5ccccc45)[C@@H]3C[C@@H]2CCO1. The van der Waals surface area contributed by atoms with E-state index in [-0.39, 0.29) is 18.2 Å². The van der Waals surface area contributed by atoms with Crippen molar-refractivity contribution in [1.82, 2.24) is 9.47 Å². The molecule has 6 nitrogen and oxygen atoms in total. The van der Waals surface area contributed by atoms with Crippen molar-refractivity contribution in [3.63, 3.8) is 0 Å². The van der Waals surface area contributed by atoms with Crippen LogP contribution in [0.15, 0.2) is 35.6 Å². The number of aromatic nitrogens is 1. The summed E-state index contributed by atoms with van der Waals surface area (Å²) in [4.78, 5) is 15.7. The van der Waals surface area contributed by atoms with E-state index < -0.39 is 5.60 Å². The standard InChI is InChI=1S/C25H29N3O3/c1-15-20-14-27-17(13-26)12-19-18-7-5-6-8-21(18)28(24(29)31-25(2,3)4)23(19)22(27)11-16(20)9-10-30-15/h5-8,16-17,22H,9-12,14H2,1-4H3/t16-,17-,22-/m0/s1. The molecule has 0 amide bonds. The predicted octanol–water partition coefficient (Wildman–Crippen LogP) is 4.93. The van der Waals surface area contributed by atoms with E-state index in [1.165, 1.54) is 5.57 Å².